The van der Waals surface area contributed by atoms with Crippen molar-refractivity contribution in [2.75, 3.05) is 0 Å². The van der Waals surface area contributed by atoms with Crippen LogP contribution in [0.3, 0.4) is 0 Å². The van der Waals surface area contributed by atoms with Crippen molar-refractivity contribution in [3.63, 3.8) is 0 Å². The first-order chi connectivity index (χ1) is 6.18. The van der Waals surface area contributed by atoms with Crippen molar-refractivity contribution in [3.05, 3.63) is 42.0 Å². The van der Waals surface area contributed by atoms with Crippen LogP contribution in [0.5, 0.6) is 5.75 Å². The summed E-state index contributed by atoms with van der Waals surface area (Å²) in [5, 5.41) is 10.1. The standard InChI is InChI=1S/C10H6F2O/c11-7-2-3-8-6(5-7)1-4-9(12)10(8)13/h1-5,13H. The van der Waals surface area contributed by atoms with Gasteiger partial charge in [0.05, 0.1) is 0 Å². The summed E-state index contributed by atoms with van der Waals surface area (Å²) in [6.45, 7) is 0. The Kier molecular flexibility index (Phi) is 1.65. The molecule has 2 aromatic carbocycles. The first kappa shape index (κ1) is 7.98. The molecule has 0 spiro atoms. The van der Waals surface area contributed by atoms with E-state index >= 15 is 0 Å². The molecule has 0 radical (unpaired) electrons. The summed E-state index contributed by atoms with van der Waals surface area (Å²) in [5.41, 5.74) is 0. The lowest BCUT2D eigenvalue weighted by Gasteiger charge is -2.01. The van der Waals surface area contributed by atoms with Gasteiger partial charge in [-0.1, -0.05) is 6.07 Å². The normalized spacial score (nSPS) is 10.6. The Morgan fingerprint density at radius 3 is 2.54 bits per heavy atom. The molecule has 2 aromatic rings. The van der Waals surface area contributed by atoms with Crippen LogP contribution in [-0.4, -0.2) is 5.11 Å². The molecule has 0 saturated heterocycles. The Balaban J connectivity index is 2.87. The number of phenols is 1. The number of hydrogen-bond donors (Lipinski definition) is 1. The third kappa shape index (κ3) is 1.22. The number of phenolic OH excluding ortho intramolecular Hbond substituents is 1. The molecule has 66 valence electrons. The monoisotopic (exact) mass is 180 g/mol. The molecule has 1 nitrogen and oxygen atoms in total. The fraction of sp³-hybridized carbons (Fsp3) is 0. The van der Waals surface area contributed by atoms with Gasteiger partial charge in [-0.05, 0) is 29.7 Å². The van der Waals surface area contributed by atoms with Gasteiger partial charge < -0.3 is 5.11 Å². The largest absolute Gasteiger partial charge is 0.504 e. The van der Waals surface area contributed by atoms with Gasteiger partial charge in [0.25, 0.3) is 0 Å². The minimum Gasteiger partial charge on any atom is -0.504 e. The summed E-state index contributed by atoms with van der Waals surface area (Å²) in [6, 6.07) is 6.31. The Bertz CT molecular complexity index is 466. The summed E-state index contributed by atoms with van der Waals surface area (Å²) in [4.78, 5) is 0. The highest BCUT2D eigenvalue weighted by atomic mass is 19.1. The topological polar surface area (TPSA) is 20.2 Å². The molecule has 1 N–H and O–H groups in total. The zero-order valence-corrected chi connectivity index (χ0v) is 6.59. The summed E-state index contributed by atoms with van der Waals surface area (Å²) in [5.74, 6) is -1.53. The molecule has 2 rings (SSSR count). The van der Waals surface area contributed by atoms with Crippen molar-refractivity contribution >= 4 is 10.8 Å². The SMILES string of the molecule is Oc1c(F)ccc2cc(F)ccc12. The van der Waals surface area contributed by atoms with Crippen molar-refractivity contribution in [1.29, 1.82) is 0 Å². The van der Waals surface area contributed by atoms with Gasteiger partial charge in [0.2, 0.25) is 0 Å². The highest BCUT2D eigenvalue weighted by Crippen LogP contribution is 2.27. The maximum absolute atomic E-state index is 12.8. The number of halogens is 2. The van der Waals surface area contributed by atoms with Crippen LogP contribution in [0.25, 0.3) is 10.8 Å². The molecule has 0 heterocycles. The van der Waals surface area contributed by atoms with Gasteiger partial charge in [-0.3, -0.25) is 0 Å². The summed E-state index contributed by atoms with van der Waals surface area (Å²) >= 11 is 0. The second kappa shape index (κ2) is 2.69. The smallest absolute Gasteiger partial charge is 0.165 e. The summed E-state index contributed by atoms with van der Waals surface area (Å²) in [7, 11) is 0. The molecule has 0 aliphatic heterocycles. The Labute approximate surface area is 73.2 Å². The van der Waals surface area contributed by atoms with Gasteiger partial charge in [-0.25, -0.2) is 8.78 Å². The predicted octanol–water partition coefficient (Wildman–Crippen LogP) is 2.82. The average molecular weight is 180 g/mol. The van der Waals surface area contributed by atoms with Crippen LogP contribution in [0, 0.1) is 11.6 Å². The molecule has 0 aromatic heterocycles. The van der Waals surface area contributed by atoms with Crippen molar-refractivity contribution in [2.24, 2.45) is 0 Å². The van der Waals surface area contributed by atoms with Gasteiger partial charge in [0, 0.05) is 5.39 Å². The highest BCUT2D eigenvalue weighted by Gasteiger charge is 2.05. The maximum Gasteiger partial charge on any atom is 0.165 e. The van der Waals surface area contributed by atoms with Crippen LogP contribution in [0.2, 0.25) is 0 Å². The van der Waals surface area contributed by atoms with Crippen molar-refractivity contribution in [1.82, 2.24) is 0 Å². The average Bonchev–Trinajstić information content (AvgIpc) is 2.12. The second-order valence-corrected chi connectivity index (χ2v) is 2.76. The molecule has 0 aliphatic carbocycles. The zero-order valence-electron chi connectivity index (χ0n) is 6.59. The van der Waals surface area contributed by atoms with Crippen LogP contribution in [-0.2, 0) is 0 Å². The lowest BCUT2D eigenvalue weighted by atomic mass is 10.1. The number of benzene rings is 2. The summed E-state index contributed by atoms with van der Waals surface area (Å²) < 4.78 is 25.5. The number of aromatic hydroxyl groups is 1. The second-order valence-electron chi connectivity index (χ2n) is 2.76. The van der Waals surface area contributed by atoms with E-state index in [0.717, 1.165) is 6.07 Å². The molecule has 0 amide bonds. The third-order valence-electron chi connectivity index (χ3n) is 1.90. The van der Waals surface area contributed by atoms with E-state index < -0.39 is 17.4 Å². The zero-order chi connectivity index (χ0) is 9.42. The molecule has 13 heavy (non-hydrogen) atoms. The van der Waals surface area contributed by atoms with Gasteiger partial charge >= 0.3 is 0 Å². The minimum atomic E-state index is -0.695. The molecule has 0 aliphatic rings. The van der Waals surface area contributed by atoms with Crippen LogP contribution >= 0.6 is 0 Å². The fourth-order valence-corrected chi connectivity index (χ4v) is 1.26. The Hall–Kier alpha value is -1.64. The van der Waals surface area contributed by atoms with E-state index in [0.29, 0.717) is 10.8 Å². The molecular weight excluding hydrogens is 174 g/mol. The van der Waals surface area contributed by atoms with Crippen molar-refractivity contribution < 1.29 is 13.9 Å². The minimum absolute atomic E-state index is 0.321. The van der Waals surface area contributed by atoms with E-state index in [2.05, 4.69) is 0 Å². The third-order valence-corrected chi connectivity index (χ3v) is 1.90. The fourth-order valence-electron chi connectivity index (χ4n) is 1.26. The molecular formula is C10H6F2O. The molecule has 0 atom stereocenters. The molecule has 0 saturated carbocycles. The van der Waals surface area contributed by atoms with Gasteiger partial charge in [0.1, 0.15) is 5.82 Å². The number of hydrogen-bond acceptors (Lipinski definition) is 1. The van der Waals surface area contributed by atoms with Crippen LogP contribution in [0.15, 0.2) is 30.3 Å². The lowest BCUT2D eigenvalue weighted by molar-refractivity contribution is 0.439. The molecule has 0 fully saturated rings. The molecule has 3 heteroatoms. The Morgan fingerprint density at radius 2 is 1.77 bits per heavy atom. The van der Waals surface area contributed by atoms with E-state index in [9.17, 15) is 13.9 Å². The van der Waals surface area contributed by atoms with Gasteiger partial charge in [-0.15, -0.1) is 0 Å². The number of fused-ring (bicyclic) bond motifs is 1. The highest BCUT2D eigenvalue weighted by molar-refractivity contribution is 5.88. The number of rotatable bonds is 0. The van der Waals surface area contributed by atoms with Crippen LogP contribution in [0.4, 0.5) is 8.78 Å². The first-order valence-corrected chi connectivity index (χ1v) is 3.75. The van der Waals surface area contributed by atoms with Crippen molar-refractivity contribution in [3.8, 4) is 5.75 Å². The van der Waals surface area contributed by atoms with Crippen LogP contribution in [0.1, 0.15) is 0 Å². The van der Waals surface area contributed by atoms with E-state index in [1.165, 1.54) is 24.3 Å². The van der Waals surface area contributed by atoms with Crippen molar-refractivity contribution in [2.45, 2.75) is 0 Å². The lowest BCUT2D eigenvalue weighted by Crippen LogP contribution is -1.80. The molecule has 0 bridgehead atoms. The summed E-state index contributed by atoms with van der Waals surface area (Å²) in [6.07, 6.45) is 0. The van der Waals surface area contributed by atoms with E-state index in [-0.39, 0.29) is 0 Å². The predicted molar refractivity (Wildman–Crippen MR) is 45.5 cm³/mol. The molecule has 0 unspecified atom stereocenters. The van der Waals surface area contributed by atoms with E-state index in [1.54, 1.807) is 0 Å². The quantitative estimate of drug-likeness (QED) is 0.660. The van der Waals surface area contributed by atoms with E-state index in [1.807, 2.05) is 0 Å². The van der Waals surface area contributed by atoms with E-state index in [4.69, 9.17) is 0 Å². The van der Waals surface area contributed by atoms with Gasteiger partial charge in [-0.2, -0.15) is 0 Å². The Morgan fingerprint density at radius 1 is 1.00 bits per heavy atom. The first-order valence-electron chi connectivity index (χ1n) is 3.75. The maximum atomic E-state index is 12.8. The van der Waals surface area contributed by atoms with Crippen LogP contribution < -0.4 is 0 Å². The van der Waals surface area contributed by atoms with Gasteiger partial charge in [0.15, 0.2) is 11.6 Å².